The Morgan fingerprint density at radius 2 is 1.38 bits per heavy atom. The normalized spacial score (nSPS) is 11.1. The van der Waals surface area contributed by atoms with Crippen molar-refractivity contribution in [1.82, 2.24) is 0 Å². The van der Waals surface area contributed by atoms with Crippen LogP contribution in [0.5, 0.6) is 17.2 Å². The summed E-state index contributed by atoms with van der Waals surface area (Å²) in [7, 11) is -3.85. The minimum absolute atomic E-state index is 0.0319. The van der Waals surface area contributed by atoms with Crippen molar-refractivity contribution in [2.45, 2.75) is 4.90 Å². The lowest BCUT2D eigenvalue weighted by atomic mass is 10.1. The largest absolute Gasteiger partial charge is 0.504 e. The molecule has 0 saturated carbocycles. The van der Waals surface area contributed by atoms with E-state index in [0.717, 1.165) is 12.1 Å². The van der Waals surface area contributed by atoms with Gasteiger partial charge in [0.1, 0.15) is 0 Å². The number of benzene rings is 3. The average Bonchev–Trinajstić information content (AvgIpc) is 2.68. The minimum Gasteiger partial charge on any atom is -0.504 e. The maximum Gasteiger partial charge on any atom is 0.261 e. The number of hydrogen-bond donors (Lipinski definition) is 5. The van der Waals surface area contributed by atoms with Gasteiger partial charge in [0, 0.05) is 16.4 Å². The lowest BCUT2D eigenvalue weighted by Crippen LogP contribution is -2.14. The molecule has 0 aliphatic carbocycles. The summed E-state index contributed by atoms with van der Waals surface area (Å²) in [5.41, 5.74) is 0.336. The number of carbonyl (C=O) groups excluding carboxylic acids is 1. The van der Waals surface area contributed by atoms with Crippen LogP contribution in [0.1, 0.15) is 10.4 Å². The van der Waals surface area contributed by atoms with Crippen LogP contribution in [0.2, 0.25) is 5.02 Å². The van der Waals surface area contributed by atoms with Crippen molar-refractivity contribution < 1.29 is 28.5 Å². The van der Waals surface area contributed by atoms with E-state index < -0.39 is 33.2 Å². The Labute approximate surface area is 171 Å². The zero-order valence-electron chi connectivity index (χ0n) is 14.6. The number of hydrogen-bond acceptors (Lipinski definition) is 6. The van der Waals surface area contributed by atoms with Crippen LogP contribution in [-0.2, 0) is 10.0 Å². The topological polar surface area (TPSA) is 136 Å². The summed E-state index contributed by atoms with van der Waals surface area (Å²) in [5.74, 6) is -2.91. The Morgan fingerprint density at radius 3 is 2.00 bits per heavy atom. The van der Waals surface area contributed by atoms with Crippen LogP contribution in [0.25, 0.3) is 0 Å². The second-order valence-corrected chi connectivity index (χ2v) is 8.04. The van der Waals surface area contributed by atoms with Crippen LogP contribution < -0.4 is 10.0 Å². The van der Waals surface area contributed by atoms with Gasteiger partial charge < -0.3 is 20.6 Å². The lowest BCUT2D eigenvalue weighted by Gasteiger charge is -2.11. The first-order chi connectivity index (χ1) is 13.7. The van der Waals surface area contributed by atoms with E-state index in [2.05, 4.69) is 10.0 Å². The standard InChI is InChI=1S/C19H15ClN2O6S/c20-11-1-3-13(4-2-11)22-29(27,28)14-7-5-12(6-8-14)21-19(26)15-9-10-16(23)18(25)17(15)24/h1-10,22-25H,(H,21,26). The molecule has 1 amide bonds. The first kappa shape index (κ1) is 20.3. The van der Waals surface area contributed by atoms with Crippen LogP contribution in [0.3, 0.4) is 0 Å². The molecule has 0 aromatic heterocycles. The van der Waals surface area contributed by atoms with Crippen molar-refractivity contribution in [2.24, 2.45) is 0 Å². The van der Waals surface area contributed by atoms with E-state index >= 15 is 0 Å². The Hall–Kier alpha value is -3.43. The molecule has 29 heavy (non-hydrogen) atoms. The molecule has 0 aliphatic rings. The van der Waals surface area contributed by atoms with Crippen LogP contribution >= 0.6 is 11.6 Å². The van der Waals surface area contributed by atoms with Gasteiger partial charge in [0.25, 0.3) is 15.9 Å². The molecule has 0 atom stereocenters. The highest BCUT2D eigenvalue weighted by molar-refractivity contribution is 7.92. The molecular weight excluding hydrogens is 420 g/mol. The molecule has 0 unspecified atom stereocenters. The summed E-state index contributed by atoms with van der Waals surface area (Å²) in [6.45, 7) is 0. The molecule has 8 nitrogen and oxygen atoms in total. The summed E-state index contributed by atoms with van der Waals surface area (Å²) in [6.07, 6.45) is 0. The quantitative estimate of drug-likeness (QED) is 0.390. The van der Waals surface area contributed by atoms with Crippen LogP contribution in [0, 0.1) is 0 Å². The van der Waals surface area contributed by atoms with Crippen molar-refractivity contribution >= 4 is 38.9 Å². The van der Waals surface area contributed by atoms with Crippen molar-refractivity contribution in [3.63, 3.8) is 0 Å². The van der Waals surface area contributed by atoms with Gasteiger partial charge in [0.05, 0.1) is 10.5 Å². The summed E-state index contributed by atoms with van der Waals surface area (Å²) >= 11 is 5.78. The van der Waals surface area contributed by atoms with Crippen molar-refractivity contribution in [3.05, 3.63) is 71.2 Å². The van der Waals surface area contributed by atoms with E-state index in [1.807, 2.05) is 0 Å². The third-order valence-corrected chi connectivity index (χ3v) is 5.54. The van der Waals surface area contributed by atoms with Gasteiger partial charge in [-0.2, -0.15) is 0 Å². The third-order valence-electron chi connectivity index (χ3n) is 3.89. The third kappa shape index (κ3) is 4.53. The fraction of sp³-hybridized carbons (Fsp3) is 0. The first-order valence-electron chi connectivity index (χ1n) is 8.11. The number of halogens is 1. The van der Waals surface area contributed by atoms with Gasteiger partial charge in [0.15, 0.2) is 11.5 Å². The molecule has 0 aliphatic heterocycles. The molecule has 0 fully saturated rings. The molecular formula is C19H15ClN2O6S. The van der Waals surface area contributed by atoms with Crippen LogP contribution in [0.15, 0.2) is 65.6 Å². The number of rotatable bonds is 5. The molecule has 0 heterocycles. The number of phenolic OH excluding ortho intramolecular Hbond substituents is 3. The molecule has 150 valence electrons. The molecule has 3 rings (SSSR count). The zero-order valence-corrected chi connectivity index (χ0v) is 16.2. The molecule has 3 aromatic carbocycles. The fourth-order valence-electron chi connectivity index (χ4n) is 2.40. The van der Waals surface area contributed by atoms with Gasteiger partial charge in [-0.1, -0.05) is 11.6 Å². The maximum absolute atomic E-state index is 12.4. The van der Waals surface area contributed by atoms with E-state index in [4.69, 9.17) is 11.6 Å². The van der Waals surface area contributed by atoms with Gasteiger partial charge in [-0.3, -0.25) is 9.52 Å². The van der Waals surface area contributed by atoms with Gasteiger partial charge in [-0.15, -0.1) is 0 Å². The molecule has 10 heteroatoms. The summed E-state index contributed by atoms with van der Waals surface area (Å²) in [5, 5.41) is 31.5. The number of nitrogens with one attached hydrogen (secondary N) is 2. The second-order valence-electron chi connectivity index (χ2n) is 5.92. The zero-order chi connectivity index (χ0) is 21.2. The van der Waals surface area contributed by atoms with Gasteiger partial charge in [-0.25, -0.2) is 8.42 Å². The van der Waals surface area contributed by atoms with Gasteiger partial charge in [-0.05, 0) is 60.7 Å². The SMILES string of the molecule is O=C(Nc1ccc(S(=O)(=O)Nc2ccc(Cl)cc2)cc1)c1ccc(O)c(O)c1O. The molecule has 5 N–H and O–H groups in total. The second kappa shape index (κ2) is 7.90. The predicted octanol–water partition coefficient (Wildman–Crippen LogP) is 3.51. The van der Waals surface area contributed by atoms with Gasteiger partial charge in [0.2, 0.25) is 5.75 Å². The van der Waals surface area contributed by atoms with Crippen molar-refractivity contribution in [1.29, 1.82) is 0 Å². The Bertz CT molecular complexity index is 1160. The number of carbonyl (C=O) groups is 1. The molecule has 3 aromatic rings. The Kier molecular flexibility index (Phi) is 5.53. The molecule has 0 radical (unpaired) electrons. The van der Waals surface area contributed by atoms with E-state index in [-0.39, 0.29) is 16.1 Å². The average molecular weight is 435 g/mol. The molecule has 0 saturated heterocycles. The first-order valence-corrected chi connectivity index (χ1v) is 9.97. The van der Waals surface area contributed by atoms with E-state index in [9.17, 15) is 28.5 Å². The smallest absolute Gasteiger partial charge is 0.261 e. The number of sulfonamides is 1. The highest BCUT2D eigenvalue weighted by Crippen LogP contribution is 2.37. The molecule has 0 bridgehead atoms. The van der Waals surface area contributed by atoms with Gasteiger partial charge >= 0.3 is 0 Å². The maximum atomic E-state index is 12.4. The van der Waals surface area contributed by atoms with E-state index in [1.54, 1.807) is 12.1 Å². The highest BCUT2D eigenvalue weighted by atomic mass is 35.5. The van der Waals surface area contributed by atoms with Crippen LogP contribution in [0.4, 0.5) is 11.4 Å². The number of anilines is 2. The number of aromatic hydroxyl groups is 3. The number of phenols is 3. The van der Waals surface area contributed by atoms with Crippen molar-refractivity contribution in [3.8, 4) is 17.2 Å². The van der Waals surface area contributed by atoms with E-state index in [1.165, 1.54) is 36.4 Å². The summed E-state index contributed by atoms with van der Waals surface area (Å²) in [6, 6.07) is 13.7. The minimum atomic E-state index is -3.85. The lowest BCUT2D eigenvalue weighted by molar-refractivity contribution is 0.102. The summed E-state index contributed by atoms with van der Waals surface area (Å²) in [4.78, 5) is 12.2. The number of amides is 1. The highest BCUT2D eigenvalue weighted by Gasteiger charge is 2.18. The predicted molar refractivity (Wildman–Crippen MR) is 108 cm³/mol. The van der Waals surface area contributed by atoms with E-state index in [0.29, 0.717) is 10.7 Å². The summed E-state index contributed by atoms with van der Waals surface area (Å²) < 4.78 is 27.3. The van der Waals surface area contributed by atoms with Crippen molar-refractivity contribution in [2.75, 3.05) is 10.0 Å². The molecule has 0 spiro atoms. The Balaban J connectivity index is 1.75. The fourth-order valence-corrected chi connectivity index (χ4v) is 3.58. The monoisotopic (exact) mass is 434 g/mol. The van der Waals surface area contributed by atoms with Crippen LogP contribution in [-0.4, -0.2) is 29.6 Å². The Morgan fingerprint density at radius 1 is 0.793 bits per heavy atom.